The van der Waals surface area contributed by atoms with E-state index < -0.39 is 0 Å². The quantitative estimate of drug-likeness (QED) is 0.907. The molecule has 2 fully saturated rings. The molecule has 1 aromatic carbocycles. The van der Waals surface area contributed by atoms with Gasteiger partial charge in [-0.1, -0.05) is 37.5 Å². The van der Waals surface area contributed by atoms with E-state index in [9.17, 15) is 4.79 Å². The molecule has 1 amide bonds. The van der Waals surface area contributed by atoms with Crippen molar-refractivity contribution in [1.29, 1.82) is 0 Å². The second-order valence-corrected chi connectivity index (χ2v) is 6.74. The molecule has 0 aromatic heterocycles. The van der Waals surface area contributed by atoms with E-state index in [-0.39, 0.29) is 0 Å². The van der Waals surface area contributed by atoms with Crippen molar-refractivity contribution in [1.82, 2.24) is 10.2 Å². The van der Waals surface area contributed by atoms with Gasteiger partial charge in [0.15, 0.2) is 0 Å². The maximum Gasteiger partial charge on any atom is 0.223 e. The molecule has 4 heteroatoms. The van der Waals surface area contributed by atoms with E-state index in [0.29, 0.717) is 18.4 Å². The summed E-state index contributed by atoms with van der Waals surface area (Å²) < 4.78 is 0. The first-order chi connectivity index (χ1) is 11.3. The molecule has 0 bridgehead atoms. The van der Waals surface area contributed by atoms with E-state index in [1.165, 1.54) is 37.8 Å². The van der Waals surface area contributed by atoms with Gasteiger partial charge in [-0.05, 0) is 25.0 Å². The van der Waals surface area contributed by atoms with E-state index in [4.69, 9.17) is 0 Å². The summed E-state index contributed by atoms with van der Waals surface area (Å²) in [6.07, 6.45) is 7.26. The van der Waals surface area contributed by atoms with Gasteiger partial charge in [-0.25, -0.2) is 0 Å². The third-order valence-electron chi connectivity index (χ3n) is 5.13. The molecular formula is C19H29N3O. The lowest BCUT2D eigenvalue weighted by atomic mass is 9.95. The third-order valence-corrected chi connectivity index (χ3v) is 5.13. The summed E-state index contributed by atoms with van der Waals surface area (Å²) in [4.78, 5) is 16.7. The molecule has 1 aromatic rings. The van der Waals surface area contributed by atoms with Gasteiger partial charge in [0.1, 0.15) is 0 Å². The number of benzene rings is 1. The van der Waals surface area contributed by atoms with Gasteiger partial charge in [0, 0.05) is 50.9 Å². The lowest BCUT2D eigenvalue weighted by Crippen LogP contribution is -2.49. The summed E-state index contributed by atoms with van der Waals surface area (Å²) in [5, 5.41) is 3.57. The van der Waals surface area contributed by atoms with Crippen molar-refractivity contribution in [2.45, 2.75) is 44.6 Å². The molecule has 1 aliphatic heterocycles. The second kappa shape index (κ2) is 8.34. The molecular weight excluding hydrogens is 286 g/mol. The van der Waals surface area contributed by atoms with Gasteiger partial charge >= 0.3 is 0 Å². The Morgan fingerprint density at radius 1 is 1.00 bits per heavy atom. The Balaban J connectivity index is 1.36. The number of anilines is 1. The van der Waals surface area contributed by atoms with Crippen LogP contribution in [0.15, 0.2) is 30.3 Å². The number of nitrogens with one attached hydrogen (secondary N) is 1. The van der Waals surface area contributed by atoms with Crippen molar-refractivity contribution in [2.75, 3.05) is 37.6 Å². The molecule has 0 radical (unpaired) electrons. The highest BCUT2D eigenvalue weighted by Gasteiger charge is 2.21. The number of para-hydroxylation sites is 1. The molecule has 1 saturated heterocycles. The molecule has 4 nitrogen and oxygen atoms in total. The minimum Gasteiger partial charge on any atom is -0.368 e. The summed E-state index contributed by atoms with van der Waals surface area (Å²) in [7, 11) is 0. The van der Waals surface area contributed by atoms with Crippen LogP contribution >= 0.6 is 0 Å². The van der Waals surface area contributed by atoms with Crippen molar-refractivity contribution >= 4 is 11.6 Å². The Morgan fingerprint density at radius 2 is 1.70 bits per heavy atom. The van der Waals surface area contributed by atoms with Crippen molar-refractivity contribution in [3.05, 3.63) is 30.3 Å². The van der Waals surface area contributed by atoms with E-state index in [1.807, 2.05) is 11.0 Å². The number of carbonyl (C=O) groups excluding carboxylic acids is 1. The van der Waals surface area contributed by atoms with Gasteiger partial charge in [0.25, 0.3) is 0 Å². The molecule has 2 aliphatic rings. The Morgan fingerprint density at radius 3 is 2.39 bits per heavy atom. The molecule has 126 valence electrons. The Hall–Kier alpha value is -1.55. The van der Waals surface area contributed by atoms with Crippen LogP contribution in [0.4, 0.5) is 5.69 Å². The number of hydrogen-bond acceptors (Lipinski definition) is 3. The van der Waals surface area contributed by atoms with Gasteiger partial charge in [-0.2, -0.15) is 0 Å². The van der Waals surface area contributed by atoms with E-state index in [0.717, 1.165) is 32.7 Å². The monoisotopic (exact) mass is 315 g/mol. The zero-order chi connectivity index (χ0) is 15.9. The van der Waals surface area contributed by atoms with E-state index in [2.05, 4.69) is 34.5 Å². The van der Waals surface area contributed by atoms with Gasteiger partial charge in [0.2, 0.25) is 5.91 Å². The van der Waals surface area contributed by atoms with Crippen molar-refractivity contribution in [3.8, 4) is 0 Å². The molecule has 1 N–H and O–H groups in total. The largest absolute Gasteiger partial charge is 0.368 e. The summed E-state index contributed by atoms with van der Waals surface area (Å²) in [6, 6.07) is 11.1. The number of hydrogen-bond donors (Lipinski definition) is 1. The van der Waals surface area contributed by atoms with Crippen LogP contribution in [-0.2, 0) is 4.79 Å². The topological polar surface area (TPSA) is 35.6 Å². The van der Waals surface area contributed by atoms with Crippen LogP contribution in [0.2, 0.25) is 0 Å². The van der Waals surface area contributed by atoms with Crippen LogP contribution in [-0.4, -0.2) is 49.6 Å². The number of carbonyl (C=O) groups is 1. The second-order valence-electron chi connectivity index (χ2n) is 6.74. The molecule has 3 rings (SSSR count). The fourth-order valence-corrected chi connectivity index (χ4v) is 3.70. The minimum atomic E-state index is 0.307. The van der Waals surface area contributed by atoms with Crippen LogP contribution in [0.5, 0.6) is 0 Å². The van der Waals surface area contributed by atoms with Gasteiger partial charge in [-0.3, -0.25) is 4.79 Å². The Kier molecular flexibility index (Phi) is 5.92. The van der Waals surface area contributed by atoms with Crippen LogP contribution in [0.1, 0.15) is 38.5 Å². The first-order valence-corrected chi connectivity index (χ1v) is 9.14. The van der Waals surface area contributed by atoms with E-state index in [1.54, 1.807) is 0 Å². The predicted molar refractivity (Wildman–Crippen MR) is 94.7 cm³/mol. The molecule has 0 unspecified atom stereocenters. The Bertz CT molecular complexity index is 477. The average Bonchev–Trinajstić information content (AvgIpc) is 2.63. The molecule has 0 spiro atoms. The van der Waals surface area contributed by atoms with Crippen LogP contribution < -0.4 is 10.2 Å². The highest BCUT2D eigenvalue weighted by molar-refractivity contribution is 5.76. The predicted octanol–water partition coefficient (Wildman–Crippen LogP) is 2.65. The average molecular weight is 315 g/mol. The summed E-state index contributed by atoms with van der Waals surface area (Å²) >= 11 is 0. The van der Waals surface area contributed by atoms with Crippen LogP contribution in [0.3, 0.4) is 0 Å². The number of piperazine rings is 1. The molecule has 1 heterocycles. The van der Waals surface area contributed by atoms with Gasteiger partial charge < -0.3 is 15.1 Å². The SMILES string of the molecule is O=C(CCNC1CCCCC1)N1CCN(c2ccccc2)CC1. The van der Waals surface area contributed by atoms with Gasteiger partial charge in [0.05, 0.1) is 0 Å². The fourth-order valence-electron chi connectivity index (χ4n) is 3.70. The molecule has 0 atom stereocenters. The highest BCUT2D eigenvalue weighted by atomic mass is 16.2. The van der Waals surface area contributed by atoms with Crippen LogP contribution in [0, 0.1) is 0 Å². The van der Waals surface area contributed by atoms with Crippen molar-refractivity contribution in [2.24, 2.45) is 0 Å². The molecule has 1 saturated carbocycles. The summed E-state index contributed by atoms with van der Waals surface area (Å²) in [5.74, 6) is 0.307. The first-order valence-electron chi connectivity index (χ1n) is 9.14. The minimum absolute atomic E-state index is 0.307. The standard InChI is InChI=1S/C19H29N3O/c23-19(11-12-20-17-7-3-1-4-8-17)22-15-13-21(14-16-22)18-9-5-2-6-10-18/h2,5-6,9-10,17,20H,1,3-4,7-8,11-16H2. The number of nitrogens with zero attached hydrogens (tertiary/aromatic N) is 2. The van der Waals surface area contributed by atoms with Gasteiger partial charge in [-0.15, -0.1) is 0 Å². The van der Waals surface area contributed by atoms with E-state index >= 15 is 0 Å². The lowest BCUT2D eigenvalue weighted by molar-refractivity contribution is -0.131. The van der Waals surface area contributed by atoms with Crippen LogP contribution in [0.25, 0.3) is 0 Å². The number of rotatable bonds is 5. The summed E-state index contributed by atoms with van der Waals surface area (Å²) in [6.45, 7) is 4.40. The van der Waals surface area contributed by atoms with Crippen molar-refractivity contribution < 1.29 is 4.79 Å². The third kappa shape index (κ3) is 4.71. The first kappa shape index (κ1) is 16.3. The zero-order valence-corrected chi connectivity index (χ0v) is 14.0. The Labute approximate surface area is 139 Å². The fraction of sp³-hybridized carbons (Fsp3) is 0.632. The maximum absolute atomic E-state index is 12.4. The molecule has 23 heavy (non-hydrogen) atoms. The maximum atomic E-state index is 12.4. The normalized spacial score (nSPS) is 19.8. The molecule has 1 aliphatic carbocycles. The highest BCUT2D eigenvalue weighted by Crippen LogP contribution is 2.18. The zero-order valence-electron chi connectivity index (χ0n) is 14.0. The van der Waals surface area contributed by atoms with Crippen molar-refractivity contribution in [3.63, 3.8) is 0 Å². The smallest absolute Gasteiger partial charge is 0.223 e. The summed E-state index contributed by atoms with van der Waals surface area (Å²) in [5.41, 5.74) is 1.26. The lowest BCUT2D eigenvalue weighted by Gasteiger charge is -2.36. The number of amides is 1.